The van der Waals surface area contributed by atoms with Crippen molar-refractivity contribution >= 4 is 23.8 Å². The number of ether oxygens (including phenoxy) is 4. The summed E-state index contributed by atoms with van der Waals surface area (Å²) < 4.78 is 23.3. The van der Waals surface area contributed by atoms with E-state index in [0.29, 0.717) is 12.3 Å². The predicted molar refractivity (Wildman–Crippen MR) is 192 cm³/mol. The Kier molecular flexibility index (Phi) is 17.4. The van der Waals surface area contributed by atoms with Crippen LogP contribution in [-0.4, -0.2) is 175 Å². The molecular formula is C36H60N4O16. The lowest BCUT2D eigenvalue weighted by atomic mass is 9.91. The zero-order valence-corrected chi connectivity index (χ0v) is 32.0. The third-order valence-electron chi connectivity index (χ3n) is 10.5. The number of carbonyl (C=O) groups excluding carboxylic acids is 4. The number of urea groups is 1. The Hall–Kier alpha value is -2.86. The van der Waals surface area contributed by atoms with Gasteiger partial charge in [-0.05, 0) is 24.8 Å². The number of hydrogen-bond acceptors (Lipinski definition) is 16. The van der Waals surface area contributed by atoms with Crippen molar-refractivity contribution in [2.24, 2.45) is 5.92 Å². The van der Waals surface area contributed by atoms with Crippen LogP contribution >= 0.6 is 0 Å². The Labute approximate surface area is 325 Å². The highest BCUT2D eigenvalue weighted by Crippen LogP contribution is 2.33. The van der Waals surface area contributed by atoms with Crippen LogP contribution in [0.15, 0.2) is 12.2 Å². The second-order valence-corrected chi connectivity index (χ2v) is 15.3. The molecule has 320 valence electrons. The number of allylic oxidation sites excluding steroid dienone is 1. The summed E-state index contributed by atoms with van der Waals surface area (Å²) in [6, 6.07) is -3.86. The average molecular weight is 805 g/mol. The molecule has 4 heterocycles. The number of imide groups is 1. The van der Waals surface area contributed by atoms with Gasteiger partial charge in [-0.2, -0.15) is 0 Å². The molecule has 5 amide bonds. The highest BCUT2D eigenvalue weighted by Gasteiger charge is 2.54. The SMILES string of the molecule is CC(=O)N[C@H]1[C@H](O[C@H]2O[C@@H](C[C@H](O)[C@H]3O[C@H](N4CCC(=O)NC4=O)[C@@H](O)[C@@H]3O)[C@H](O)[C@@H](O)[C@@H]2NC(=O)/C=C/CCCCCCCC(C)C)O[C@H](CO)[C@@H](O)[C@@H]1O. The van der Waals surface area contributed by atoms with Crippen LogP contribution in [0, 0.1) is 5.92 Å². The Morgan fingerprint density at radius 2 is 1.46 bits per heavy atom. The fraction of sp³-hybridized carbons (Fsp3) is 0.833. The van der Waals surface area contributed by atoms with Crippen LogP contribution in [-0.2, 0) is 33.3 Å². The first-order valence-corrected chi connectivity index (χ1v) is 19.4. The summed E-state index contributed by atoms with van der Waals surface area (Å²) in [4.78, 5) is 50.1. The summed E-state index contributed by atoms with van der Waals surface area (Å²) in [5, 5.41) is 93.4. The lowest BCUT2D eigenvalue weighted by Gasteiger charge is -2.47. The molecule has 20 nitrogen and oxygen atoms in total. The van der Waals surface area contributed by atoms with Crippen LogP contribution in [0.3, 0.4) is 0 Å². The highest BCUT2D eigenvalue weighted by molar-refractivity contribution is 5.96. The minimum Gasteiger partial charge on any atom is -0.394 e. The fourth-order valence-corrected chi connectivity index (χ4v) is 7.32. The Balaban J connectivity index is 1.48. The molecule has 0 aliphatic carbocycles. The van der Waals surface area contributed by atoms with E-state index in [0.717, 1.165) is 43.9 Å². The maximum atomic E-state index is 13.1. The molecule has 0 unspecified atom stereocenters. The maximum absolute atomic E-state index is 13.1. The number of rotatable bonds is 18. The summed E-state index contributed by atoms with van der Waals surface area (Å²) in [6.45, 7) is 4.59. The molecule has 0 spiro atoms. The van der Waals surface area contributed by atoms with Crippen molar-refractivity contribution in [1.29, 1.82) is 0 Å². The van der Waals surface area contributed by atoms with Gasteiger partial charge < -0.3 is 70.4 Å². The number of aliphatic hydroxyl groups excluding tert-OH is 8. The minimum atomic E-state index is -1.84. The number of unbranched alkanes of at least 4 members (excludes halogenated alkanes) is 5. The van der Waals surface area contributed by atoms with Crippen LogP contribution in [0.5, 0.6) is 0 Å². The largest absolute Gasteiger partial charge is 0.394 e. The Bertz CT molecular complexity index is 1340. The van der Waals surface area contributed by atoms with Crippen molar-refractivity contribution in [1.82, 2.24) is 20.9 Å². The first kappa shape index (κ1) is 45.8. The summed E-state index contributed by atoms with van der Waals surface area (Å²) in [6.07, 6.45) is -12.3. The Morgan fingerprint density at radius 3 is 2.09 bits per heavy atom. The van der Waals surface area contributed by atoms with Gasteiger partial charge in [0.15, 0.2) is 18.8 Å². The zero-order valence-electron chi connectivity index (χ0n) is 32.0. The number of hydrogen-bond donors (Lipinski definition) is 11. The van der Waals surface area contributed by atoms with Crippen molar-refractivity contribution in [2.75, 3.05) is 13.2 Å². The first-order chi connectivity index (χ1) is 26.5. The van der Waals surface area contributed by atoms with Crippen LogP contribution in [0.25, 0.3) is 0 Å². The Morgan fingerprint density at radius 1 is 0.857 bits per heavy atom. The van der Waals surface area contributed by atoms with E-state index in [-0.39, 0.29) is 13.0 Å². The van der Waals surface area contributed by atoms with Gasteiger partial charge in [0.2, 0.25) is 17.7 Å². The number of nitrogens with one attached hydrogen (secondary N) is 3. The van der Waals surface area contributed by atoms with Gasteiger partial charge in [0.1, 0.15) is 60.9 Å². The van der Waals surface area contributed by atoms with Crippen molar-refractivity contribution in [3.63, 3.8) is 0 Å². The topological polar surface area (TPSA) is 306 Å². The summed E-state index contributed by atoms with van der Waals surface area (Å²) >= 11 is 0. The van der Waals surface area contributed by atoms with Gasteiger partial charge in [-0.15, -0.1) is 0 Å². The van der Waals surface area contributed by atoms with E-state index in [4.69, 9.17) is 18.9 Å². The van der Waals surface area contributed by atoms with Gasteiger partial charge in [0.05, 0.1) is 18.8 Å². The lowest BCUT2D eigenvalue weighted by Crippen LogP contribution is -2.68. The minimum absolute atomic E-state index is 0.0995. The van der Waals surface area contributed by atoms with Gasteiger partial charge in [-0.1, -0.05) is 52.0 Å². The van der Waals surface area contributed by atoms with Crippen LogP contribution in [0.2, 0.25) is 0 Å². The van der Waals surface area contributed by atoms with Crippen molar-refractivity contribution in [3.05, 3.63) is 12.2 Å². The first-order valence-electron chi connectivity index (χ1n) is 19.4. The molecule has 0 aromatic carbocycles. The summed E-state index contributed by atoms with van der Waals surface area (Å²) in [7, 11) is 0. The summed E-state index contributed by atoms with van der Waals surface area (Å²) in [5.41, 5.74) is 0. The van der Waals surface area contributed by atoms with E-state index in [1.807, 2.05) is 0 Å². The predicted octanol–water partition coefficient (Wildman–Crippen LogP) is -3.04. The monoisotopic (exact) mass is 804 g/mol. The molecule has 4 aliphatic heterocycles. The molecule has 4 aliphatic rings. The molecule has 0 bridgehead atoms. The van der Waals surface area contributed by atoms with Gasteiger partial charge in [0.25, 0.3) is 0 Å². The van der Waals surface area contributed by atoms with Gasteiger partial charge in [-0.3, -0.25) is 24.6 Å². The lowest BCUT2D eigenvalue weighted by molar-refractivity contribution is -0.346. The van der Waals surface area contributed by atoms with E-state index in [2.05, 4.69) is 29.8 Å². The van der Waals surface area contributed by atoms with Crippen molar-refractivity contribution < 1.29 is 79.0 Å². The average Bonchev–Trinajstić information content (AvgIpc) is 3.43. The molecular weight excluding hydrogens is 744 g/mol. The van der Waals surface area contributed by atoms with Gasteiger partial charge in [-0.25, -0.2) is 4.79 Å². The third-order valence-corrected chi connectivity index (χ3v) is 10.5. The fourth-order valence-electron chi connectivity index (χ4n) is 7.32. The summed E-state index contributed by atoms with van der Waals surface area (Å²) in [5.74, 6) is -1.23. The number of carbonyl (C=O) groups is 4. The molecule has 4 saturated heterocycles. The third kappa shape index (κ3) is 11.9. The van der Waals surface area contributed by atoms with E-state index in [9.17, 15) is 60.0 Å². The highest BCUT2D eigenvalue weighted by atomic mass is 16.8. The molecule has 56 heavy (non-hydrogen) atoms. The standard InChI is InChI=1S/C36H60N4O16/c1-17(2)11-9-7-5-4-6-8-10-12-22(44)38-25-29(49)26(46)20(53-35(25)56-34-24(37-18(3)42)28(48)27(47)21(16-41)54-34)15-19(43)32-30(50)31(51)33(55-32)40-14-13-23(45)39-36(40)52/h10,12,17,19-21,24-35,41,43,46-51H,4-9,11,13-16H2,1-3H3,(H,37,42)(H,38,44)(H,39,45,52)/b12-10+/t19-,20-,21+,24+,25-,26-,27+,28+,29-,30-,31-,32+,33-,34-,35+/m0/s1. The van der Waals surface area contributed by atoms with Gasteiger partial charge in [0, 0.05) is 26.3 Å². The molecule has 4 fully saturated rings. The molecule has 0 radical (unpaired) electrons. The smallest absolute Gasteiger partial charge is 0.326 e. The molecule has 20 heteroatoms. The second-order valence-electron chi connectivity index (χ2n) is 15.3. The zero-order chi connectivity index (χ0) is 41.3. The van der Waals surface area contributed by atoms with E-state index >= 15 is 0 Å². The number of amides is 5. The number of aliphatic hydroxyl groups is 8. The van der Waals surface area contributed by atoms with Crippen LogP contribution in [0.1, 0.15) is 78.6 Å². The van der Waals surface area contributed by atoms with E-state index in [1.54, 1.807) is 6.08 Å². The molecule has 4 rings (SSSR count). The normalized spacial score (nSPS) is 37.2. The molecule has 0 saturated carbocycles. The maximum Gasteiger partial charge on any atom is 0.326 e. The van der Waals surface area contributed by atoms with Crippen LogP contribution < -0.4 is 16.0 Å². The second kappa shape index (κ2) is 21.2. The molecule has 0 aromatic rings. The molecule has 0 aromatic heterocycles. The number of nitrogens with zero attached hydrogens (tertiary/aromatic N) is 1. The van der Waals surface area contributed by atoms with Gasteiger partial charge >= 0.3 is 6.03 Å². The quantitative estimate of drug-likeness (QED) is 0.0485. The molecule has 11 N–H and O–H groups in total. The molecule has 15 atom stereocenters. The van der Waals surface area contributed by atoms with E-state index in [1.165, 1.54) is 12.5 Å². The van der Waals surface area contributed by atoms with E-state index < -0.39 is 129 Å². The van der Waals surface area contributed by atoms with Crippen molar-refractivity contribution in [2.45, 2.75) is 170 Å². The van der Waals surface area contributed by atoms with Crippen LogP contribution in [0.4, 0.5) is 4.79 Å². The van der Waals surface area contributed by atoms with Crippen molar-refractivity contribution in [3.8, 4) is 0 Å².